The van der Waals surface area contributed by atoms with Gasteiger partial charge in [0.05, 0.1) is 12.0 Å². The van der Waals surface area contributed by atoms with Crippen LogP contribution in [0.3, 0.4) is 0 Å². The molecule has 0 unspecified atom stereocenters. The second-order valence-corrected chi connectivity index (χ2v) is 5.34. The van der Waals surface area contributed by atoms with Gasteiger partial charge in [0.1, 0.15) is 31.0 Å². The van der Waals surface area contributed by atoms with Crippen LogP contribution in [0.2, 0.25) is 0 Å². The third-order valence-electron chi connectivity index (χ3n) is 3.59. The van der Waals surface area contributed by atoms with E-state index in [4.69, 9.17) is 4.74 Å². The van der Waals surface area contributed by atoms with Crippen LogP contribution in [0.5, 0.6) is 0 Å². The monoisotopic (exact) mass is 367 g/mol. The number of hydrogen-bond acceptors (Lipinski definition) is 6. The second kappa shape index (κ2) is 8.28. The van der Waals surface area contributed by atoms with E-state index in [-0.39, 0.29) is 37.4 Å². The predicted octanol–water partition coefficient (Wildman–Crippen LogP) is 2.58. The number of halogens is 2. The number of ketones is 1. The second-order valence-electron chi connectivity index (χ2n) is 5.34. The topological polar surface area (TPSA) is 104 Å². The number of nitro groups is 1. The Morgan fingerprint density at radius 2 is 2.04 bits per heavy atom. The Morgan fingerprint density at radius 3 is 2.69 bits per heavy atom. The lowest BCUT2D eigenvalue weighted by molar-refractivity contribution is -0.392. The van der Waals surface area contributed by atoms with Crippen LogP contribution in [-0.4, -0.2) is 32.8 Å². The first-order chi connectivity index (χ1) is 12.3. The molecule has 138 valence electrons. The van der Waals surface area contributed by atoms with Gasteiger partial charge in [0, 0.05) is 19.4 Å². The molecule has 10 heteroatoms. The number of aryl methyl sites for hydroxylation is 1. The lowest BCUT2D eigenvalue weighted by Crippen LogP contribution is -2.14. The first-order valence-electron chi connectivity index (χ1n) is 7.60. The molecule has 0 aliphatic heterocycles. The molecule has 0 spiro atoms. The largest absolute Gasteiger partial charge is 0.461 e. The summed E-state index contributed by atoms with van der Waals surface area (Å²) < 4.78 is 32.5. The summed E-state index contributed by atoms with van der Waals surface area (Å²) in [7, 11) is 0. The van der Waals surface area contributed by atoms with E-state index in [0.717, 1.165) is 18.3 Å². The Hall–Kier alpha value is -3.17. The summed E-state index contributed by atoms with van der Waals surface area (Å²) in [6.45, 7) is 1.47. The van der Waals surface area contributed by atoms with Gasteiger partial charge in [0.2, 0.25) is 0 Å². The van der Waals surface area contributed by atoms with Gasteiger partial charge in [-0.1, -0.05) is 0 Å². The molecule has 0 bridgehead atoms. The average Bonchev–Trinajstić information content (AvgIpc) is 2.94. The number of carbonyl (C=O) groups excluding carboxylic acids is 2. The molecule has 0 saturated heterocycles. The molecule has 0 amide bonds. The molecule has 2 rings (SSSR count). The highest BCUT2D eigenvalue weighted by atomic mass is 19.1. The lowest BCUT2D eigenvalue weighted by Gasteiger charge is -2.06. The van der Waals surface area contributed by atoms with Crippen LogP contribution in [0.4, 0.5) is 14.6 Å². The summed E-state index contributed by atoms with van der Waals surface area (Å²) in [5.74, 6) is -2.98. The lowest BCUT2D eigenvalue weighted by atomic mass is 10.1. The Bertz CT molecular complexity index is 850. The van der Waals surface area contributed by atoms with E-state index < -0.39 is 28.3 Å². The van der Waals surface area contributed by atoms with Crippen LogP contribution >= 0.6 is 0 Å². The molecule has 0 fully saturated rings. The Labute approximate surface area is 146 Å². The summed E-state index contributed by atoms with van der Waals surface area (Å²) in [6.07, 6.45) is 0.513. The number of imidazole rings is 1. The number of ether oxygens (including phenoxy) is 1. The van der Waals surface area contributed by atoms with Gasteiger partial charge in [-0.25, -0.2) is 18.3 Å². The zero-order chi connectivity index (χ0) is 19.3. The van der Waals surface area contributed by atoms with E-state index in [1.165, 1.54) is 4.57 Å². The molecule has 0 saturated carbocycles. The SMILES string of the molecule is Cc1ncc([N+](=O)[O-])n1CCOC(=O)CCC(=O)c1ccc(F)cc1F. The Kier molecular flexibility index (Phi) is 6.10. The van der Waals surface area contributed by atoms with Crippen molar-refractivity contribution in [2.45, 2.75) is 26.3 Å². The van der Waals surface area contributed by atoms with Crippen LogP contribution in [0.1, 0.15) is 29.0 Å². The molecule has 0 radical (unpaired) electrons. The standard InChI is InChI=1S/C16H15F2N3O5/c1-10-19-9-15(21(24)25)20(10)6-7-26-16(23)5-4-14(22)12-3-2-11(17)8-13(12)18/h2-3,8-9H,4-7H2,1H3. The van der Waals surface area contributed by atoms with Gasteiger partial charge in [-0.2, -0.15) is 0 Å². The molecular formula is C16H15F2N3O5. The van der Waals surface area contributed by atoms with E-state index in [1.807, 2.05) is 0 Å². The molecule has 0 aliphatic rings. The van der Waals surface area contributed by atoms with Crippen molar-refractivity contribution in [1.29, 1.82) is 0 Å². The zero-order valence-electron chi connectivity index (χ0n) is 13.8. The number of hydrogen-bond donors (Lipinski definition) is 0. The van der Waals surface area contributed by atoms with E-state index >= 15 is 0 Å². The molecule has 26 heavy (non-hydrogen) atoms. The smallest absolute Gasteiger partial charge is 0.342 e. The van der Waals surface area contributed by atoms with Crippen molar-refractivity contribution in [2.24, 2.45) is 0 Å². The molecule has 1 aromatic heterocycles. The maximum absolute atomic E-state index is 13.5. The van der Waals surface area contributed by atoms with Gasteiger partial charge in [-0.3, -0.25) is 9.59 Å². The first-order valence-corrected chi connectivity index (χ1v) is 7.60. The molecule has 1 heterocycles. The third-order valence-corrected chi connectivity index (χ3v) is 3.59. The molecule has 8 nitrogen and oxygen atoms in total. The number of aromatic nitrogens is 2. The number of esters is 1. The fourth-order valence-electron chi connectivity index (χ4n) is 2.27. The minimum atomic E-state index is -0.994. The number of rotatable bonds is 8. The summed E-state index contributed by atoms with van der Waals surface area (Å²) >= 11 is 0. The van der Waals surface area contributed by atoms with Gasteiger partial charge in [-0.15, -0.1) is 0 Å². The number of Topliss-reactive ketones (excluding diaryl/α,β-unsaturated/α-hetero) is 1. The van der Waals surface area contributed by atoms with Crippen LogP contribution in [0, 0.1) is 28.7 Å². The van der Waals surface area contributed by atoms with Crippen molar-refractivity contribution in [3.05, 3.63) is 57.5 Å². The Morgan fingerprint density at radius 1 is 1.31 bits per heavy atom. The highest BCUT2D eigenvalue weighted by Gasteiger charge is 2.18. The molecule has 0 aliphatic carbocycles. The highest BCUT2D eigenvalue weighted by molar-refractivity contribution is 5.97. The van der Waals surface area contributed by atoms with Gasteiger partial charge in [0.25, 0.3) is 0 Å². The summed E-state index contributed by atoms with van der Waals surface area (Å²) in [4.78, 5) is 37.6. The highest BCUT2D eigenvalue weighted by Crippen LogP contribution is 2.14. The van der Waals surface area contributed by atoms with Crippen LogP contribution in [-0.2, 0) is 16.1 Å². The predicted molar refractivity (Wildman–Crippen MR) is 84.5 cm³/mol. The quantitative estimate of drug-likeness (QED) is 0.307. The average molecular weight is 367 g/mol. The van der Waals surface area contributed by atoms with Crippen molar-refractivity contribution in [3.63, 3.8) is 0 Å². The molecule has 1 aromatic carbocycles. The van der Waals surface area contributed by atoms with Crippen molar-refractivity contribution in [2.75, 3.05) is 6.61 Å². The van der Waals surface area contributed by atoms with Gasteiger partial charge >= 0.3 is 11.8 Å². The van der Waals surface area contributed by atoms with Crippen LogP contribution in [0.25, 0.3) is 0 Å². The molecule has 0 N–H and O–H groups in total. The maximum atomic E-state index is 13.5. The minimum absolute atomic E-state index is 0.0361. The number of nitrogens with zero attached hydrogens (tertiary/aromatic N) is 3. The Balaban J connectivity index is 1.82. The first kappa shape index (κ1) is 19.2. The maximum Gasteiger partial charge on any atom is 0.342 e. The van der Waals surface area contributed by atoms with Crippen molar-refractivity contribution < 1.29 is 28.0 Å². The summed E-state index contributed by atoms with van der Waals surface area (Å²) in [6, 6.07) is 2.56. The summed E-state index contributed by atoms with van der Waals surface area (Å²) in [5, 5.41) is 10.8. The normalized spacial score (nSPS) is 10.6. The van der Waals surface area contributed by atoms with E-state index in [0.29, 0.717) is 11.9 Å². The van der Waals surface area contributed by atoms with Crippen molar-refractivity contribution >= 4 is 17.6 Å². The van der Waals surface area contributed by atoms with Crippen LogP contribution in [0.15, 0.2) is 24.4 Å². The number of carbonyl (C=O) groups is 2. The fraction of sp³-hybridized carbons (Fsp3) is 0.312. The molecular weight excluding hydrogens is 352 g/mol. The third kappa shape index (κ3) is 4.68. The molecule has 2 aromatic rings. The van der Waals surface area contributed by atoms with Crippen LogP contribution < -0.4 is 0 Å². The van der Waals surface area contributed by atoms with Gasteiger partial charge in [0.15, 0.2) is 11.6 Å². The fourth-order valence-corrected chi connectivity index (χ4v) is 2.27. The van der Waals surface area contributed by atoms with Gasteiger partial charge in [-0.05, 0) is 17.1 Å². The summed E-state index contributed by atoms with van der Waals surface area (Å²) in [5.41, 5.74) is -0.302. The number of benzene rings is 1. The minimum Gasteiger partial charge on any atom is -0.461 e. The van der Waals surface area contributed by atoms with E-state index in [9.17, 15) is 28.5 Å². The van der Waals surface area contributed by atoms with Gasteiger partial charge < -0.3 is 14.9 Å². The van der Waals surface area contributed by atoms with E-state index in [1.54, 1.807) is 6.92 Å². The van der Waals surface area contributed by atoms with Crippen molar-refractivity contribution in [3.8, 4) is 0 Å². The van der Waals surface area contributed by atoms with Crippen molar-refractivity contribution in [1.82, 2.24) is 9.55 Å². The van der Waals surface area contributed by atoms with E-state index in [2.05, 4.69) is 4.98 Å². The zero-order valence-corrected chi connectivity index (χ0v) is 13.8. The molecule has 0 atom stereocenters.